The van der Waals surface area contributed by atoms with E-state index < -0.39 is 10.2 Å². The number of amides is 1. The van der Waals surface area contributed by atoms with Gasteiger partial charge in [0.15, 0.2) is 0 Å². The first kappa shape index (κ1) is 16.7. The van der Waals surface area contributed by atoms with E-state index in [0.717, 1.165) is 0 Å². The van der Waals surface area contributed by atoms with Gasteiger partial charge < -0.3 is 10.1 Å². The predicted molar refractivity (Wildman–Crippen MR) is 78.9 cm³/mol. The minimum atomic E-state index is -3.45. The Kier molecular flexibility index (Phi) is 5.24. The van der Waals surface area contributed by atoms with Crippen LogP contribution in [0.5, 0.6) is 0 Å². The number of ether oxygens (including phenoxy) is 1. The third-order valence-corrected chi connectivity index (χ3v) is 6.08. The lowest BCUT2D eigenvalue weighted by Crippen LogP contribution is -2.54. The van der Waals surface area contributed by atoms with E-state index in [2.05, 4.69) is 5.32 Å². The van der Waals surface area contributed by atoms with Crippen LogP contribution in [0.25, 0.3) is 0 Å². The van der Waals surface area contributed by atoms with E-state index >= 15 is 0 Å². The van der Waals surface area contributed by atoms with Gasteiger partial charge in [0, 0.05) is 39.1 Å². The highest BCUT2D eigenvalue weighted by atomic mass is 32.2. The third kappa shape index (κ3) is 3.74. The molecule has 122 valence electrons. The SMILES string of the molecule is CNC(=O)C1CCN(S(=O)(=O)N2C[C@@H](C)O[C@H](C)C2)CC1. The highest BCUT2D eigenvalue weighted by Crippen LogP contribution is 2.23. The number of nitrogens with zero attached hydrogens (tertiary/aromatic N) is 2. The van der Waals surface area contributed by atoms with Gasteiger partial charge in [0.05, 0.1) is 12.2 Å². The Hall–Kier alpha value is -0.700. The summed E-state index contributed by atoms with van der Waals surface area (Å²) in [7, 11) is -1.84. The first-order chi connectivity index (χ1) is 9.84. The Balaban J connectivity index is 1.99. The molecule has 2 saturated heterocycles. The second-order valence-corrected chi connectivity index (χ2v) is 7.80. The standard InChI is InChI=1S/C13H25N3O4S/c1-10-8-16(9-11(2)20-10)21(18,19)15-6-4-12(5-7-15)13(17)14-3/h10-12H,4-9H2,1-3H3,(H,14,17)/t10-,11-/m1/s1. The fraction of sp³-hybridized carbons (Fsp3) is 0.923. The molecule has 8 heteroatoms. The lowest BCUT2D eigenvalue weighted by molar-refractivity contribution is -0.125. The van der Waals surface area contributed by atoms with Crippen molar-refractivity contribution in [1.29, 1.82) is 0 Å². The second-order valence-electron chi connectivity index (χ2n) is 5.87. The molecular weight excluding hydrogens is 294 g/mol. The molecule has 0 aromatic carbocycles. The van der Waals surface area contributed by atoms with Crippen LogP contribution in [0.2, 0.25) is 0 Å². The normalized spacial score (nSPS) is 30.2. The maximum Gasteiger partial charge on any atom is 0.282 e. The van der Waals surface area contributed by atoms with E-state index in [9.17, 15) is 13.2 Å². The molecule has 2 atom stereocenters. The summed E-state index contributed by atoms with van der Waals surface area (Å²) in [6.45, 7) is 5.36. The number of carbonyl (C=O) groups is 1. The largest absolute Gasteiger partial charge is 0.373 e. The van der Waals surface area contributed by atoms with Gasteiger partial charge in [-0.3, -0.25) is 4.79 Å². The number of carbonyl (C=O) groups excluding carboxylic acids is 1. The van der Waals surface area contributed by atoms with Gasteiger partial charge in [-0.05, 0) is 26.7 Å². The van der Waals surface area contributed by atoms with Crippen LogP contribution in [0, 0.1) is 5.92 Å². The minimum absolute atomic E-state index is 0.000616. The molecule has 1 N–H and O–H groups in total. The van der Waals surface area contributed by atoms with Crippen molar-refractivity contribution >= 4 is 16.1 Å². The molecule has 0 bridgehead atoms. The summed E-state index contributed by atoms with van der Waals surface area (Å²) in [5.41, 5.74) is 0. The number of rotatable bonds is 3. The third-order valence-electron chi connectivity index (χ3n) is 4.11. The van der Waals surface area contributed by atoms with E-state index in [0.29, 0.717) is 39.0 Å². The molecule has 0 unspecified atom stereocenters. The summed E-state index contributed by atoms with van der Waals surface area (Å²) in [5.74, 6) is -0.0790. The number of nitrogens with one attached hydrogen (secondary N) is 1. The van der Waals surface area contributed by atoms with Crippen molar-refractivity contribution in [2.75, 3.05) is 33.2 Å². The summed E-state index contributed by atoms with van der Waals surface area (Å²) >= 11 is 0. The number of morpholine rings is 1. The van der Waals surface area contributed by atoms with Gasteiger partial charge in [-0.2, -0.15) is 17.0 Å². The van der Waals surface area contributed by atoms with Crippen molar-refractivity contribution in [1.82, 2.24) is 13.9 Å². The van der Waals surface area contributed by atoms with Crippen LogP contribution < -0.4 is 5.32 Å². The van der Waals surface area contributed by atoms with Gasteiger partial charge >= 0.3 is 0 Å². The molecule has 0 radical (unpaired) electrons. The summed E-state index contributed by atoms with van der Waals surface area (Å²) in [5, 5.41) is 2.63. The van der Waals surface area contributed by atoms with Crippen LogP contribution in [-0.4, -0.2) is 68.4 Å². The van der Waals surface area contributed by atoms with Crippen LogP contribution in [-0.2, 0) is 19.7 Å². The van der Waals surface area contributed by atoms with Crippen molar-refractivity contribution in [3.63, 3.8) is 0 Å². The highest BCUT2D eigenvalue weighted by molar-refractivity contribution is 7.86. The maximum atomic E-state index is 12.7. The summed E-state index contributed by atoms with van der Waals surface area (Å²) < 4.78 is 33.9. The zero-order chi connectivity index (χ0) is 15.6. The average Bonchev–Trinajstić information content (AvgIpc) is 2.45. The van der Waals surface area contributed by atoms with E-state index in [1.165, 1.54) is 8.61 Å². The van der Waals surface area contributed by atoms with Gasteiger partial charge in [0.2, 0.25) is 5.91 Å². The summed E-state index contributed by atoms with van der Waals surface area (Å²) in [6.07, 6.45) is 0.974. The molecular formula is C13H25N3O4S. The maximum absolute atomic E-state index is 12.7. The first-order valence-corrected chi connectivity index (χ1v) is 8.86. The Morgan fingerprint density at radius 2 is 1.62 bits per heavy atom. The lowest BCUT2D eigenvalue weighted by Gasteiger charge is -2.39. The Bertz CT molecular complexity index is 464. The van der Waals surface area contributed by atoms with Crippen molar-refractivity contribution in [2.45, 2.75) is 38.9 Å². The number of hydrogen-bond donors (Lipinski definition) is 1. The zero-order valence-electron chi connectivity index (χ0n) is 12.9. The van der Waals surface area contributed by atoms with E-state index in [4.69, 9.17) is 4.74 Å². The van der Waals surface area contributed by atoms with E-state index in [-0.39, 0.29) is 24.0 Å². The molecule has 0 aromatic heterocycles. The van der Waals surface area contributed by atoms with Gasteiger partial charge in [0.1, 0.15) is 0 Å². The average molecular weight is 319 g/mol. The summed E-state index contributed by atoms with van der Waals surface area (Å²) in [4.78, 5) is 11.6. The molecule has 0 aliphatic carbocycles. The quantitative estimate of drug-likeness (QED) is 0.781. The molecule has 0 spiro atoms. The number of piperidine rings is 1. The van der Waals surface area contributed by atoms with Crippen molar-refractivity contribution < 1.29 is 17.9 Å². The topological polar surface area (TPSA) is 79.0 Å². The van der Waals surface area contributed by atoms with Crippen LogP contribution in [0.4, 0.5) is 0 Å². The Morgan fingerprint density at radius 3 is 2.10 bits per heavy atom. The number of hydrogen-bond acceptors (Lipinski definition) is 4. The molecule has 2 fully saturated rings. The van der Waals surface area contributed by atoms with Crippen molar-refractivity contribution in [3.05, 3.63) is 0 Å². The fourth-order valence-corrected chi connectivity index (χ4v) is 4.83. The van der Waals surface area contributed by atoms with Gasteiger partial charge in [0.25, 0.3) is 10.2 Å². The molecule has 2 heterocycles. The van der Waals surface area contributed by atoms with Gasteiger partial charge in [-0.1, -0.05) is 0 Å². The van der Waals surface area contributed by atoms with Crippen LogP contribution >= 0.6 is 0 Å². The monoisotopic (exact) mass is 319 g/mol. The highest BCUT2D eigenvalue weighted by Gasteiger charge is 2.37. The van der Waals surface area contributed by atoms with E-state index in [1.54, 1.807) is 7.05 Å². The summed E-state index contributed by atoms with van der Waals surface area (Å²) in [6, 6.07) is 0. The first-order valence-electron chi connectivity index (χ1n) is 7.47. The van der Waals surface area contributed by atoms with Gasteiger partial charge in [-0.25, -0.2) is 0 Å². The molecule has 2 aliphatic heterocycles. The zero-order valence-corrected chi connectivity index (χ0v) is 13.7. The molecule has 2 rings (SSSR count). The smallest absolute Gasteiger partial charge is 0.282 e. The van der Waals surface area contributed by atoms with Crippen molar-refractivity contribution in [2.24, 2.45) is 5.92 Å². The Labute approximate surface area is 126 Å². The van der Waals surface area contributed by atoms with Crippen LogP contribution in [0.3, 0.4) is 0 Å². The van der Waals surface area contributed by atoms with Gasteiger partial charge in [-0.15, -0.1) is 0 Å². The molecule has 1 amide bonds. The van der Waals surface area contributed by atoms with E-state index in [1.807, 2.05) is 13.8 Å². The lowest BCUT2D eigenvalue weighted by atomic mass is 9.97. The Morgan fingerprint density at radius 1 is 1.10 bits per heavy atom. The van der Waals surface area contributed by atoms with Crippen molar-refractivity contribution in [3.8, 4) is 0 Å². The molecule has 7 nitrogen and oxygen atoms in total. The second kappa shape index (κ2) is 6.60. The molecule has 2 aliphatic rings. The minimum Gasteiger partial charge on any atom is -0.373 e. The van der Waals surface area contributed by atoms with Crippen LogP contribution in [0.1, 0.15) is 26.7 Å². The molecule has 0 aromatic rings. The van der Waals surface area contributed by atoms with Crippen LogP contribution in [0.15, 0.2) is 0 Å². The fourth-order valence-electron chi connectivity index (χ4n) is 3.04. The predicted octanol–water partition coefficient (Wildman–Crippen LogP) is -0.202. The molecule has 0 saturated carbocycles. The molecule has 21 heavy (non-hydrogen) atoms.